The van der Waals surface area contributed by atoms with E-state index in [0.717, 1.165) is 47.6 Å². The molecule has 4 aromatic rings. The Morgan fingerprint density at radius 3 is 2.27 bits per heavy atom. The molecular weight excluding hydrogens is 717 g/mol. The molecule has 0 amide bonds. The first-order chi connectivity index (χ1) is 24.5. The number of nitrogens with zero attached hydrogens (tertiary/aromatic N) is 2. The second kappa shape index (κ2) is 17.4. The second-order valence-corrected chi connectivity index (χ2v) is 14.4. The molecule has 0 aliphatic carbocycles. The average molecular weight is 760 g/mol. The van der Waals surface area contributed by atoms with E-state index in [-0.39, 0.29) is 33.8 Å². The van der Waals surface area contributed by atoms with Crippen molar-refractivity contribution in [3.05, 3.63) is 103 Å². The fourth-order valence-electron chi connectivity index (χ4n) is 6.33. The molecule has 2 atom stereocenters. The minimum Gasteiger partial charge on any atom is -0.496 e. The lowest BCUT2D eigenvalue weighted by Gasteiger charge is -2.29. The van der Waals surface area contributed by atoms with Crippen LogP contribution in [0.1, 0.15) is 61.6 Å². The molecule has 1 saturated heterocycles. The van der Waals surface area contributed by atoms with Gasteiger partial charge in [-0.05, 0) is 80.7 Å². The summed E-state index contributed by atoms with van der Waals surface area (Å²) >= 11 is 14.2. The molecule has 1 aliphatic rings. The van der Waals surface area contributed by atoms with Crippen molar-refractivity contribution in [1.29, 1.82) is 0 Å². The van der Waals surface area contributed by atoms with Crippen molar-refractivity contribution in [2.24, 2.45) is 5.92 Å². The molecule has 14 heteroatoms. The molecule has 11 nitrogen and oxygen atoms in total. The Labute approximate surface area is 311 Å². The number of thiophene rings is 1. The molecule has 0 bridgehead atoms. The Morgan fingerprint density at radius 1 is 0.961 bits per heavy atom. The van der Waals surface area contributed by atoms with Crippen molar-refractivity contribution in [1.82, 2.24) is 10.2 Å². The largest absolute Gasteiger partial charge is 0.496 e. The predicted molar refractivity (Wildman–Crippen MR) is 194 cm³/mol. The number of carboxylic acid groups (broad SMARTS) is 1. The van der Waals surface area contributed by atoms with Gasteiger partial charge in [0.15, 0.2) is 11.5 Å². The van der Waals surface area contributed by atoms with Crippen LogP contribution in [-0.4, -0.2) is 75.2 Å². The smallest absolute Gasteiger partial charge is 0.346 e. The van der Waals surface area contributed by atoms with Gasteiger partial charge >= 0.3 is 11.9 Å². The van der Waals surface area contributed by atoms with Gasteiger partial charge in [0, 0.05) is 33.2 Å². The number of carboxylic acids is 1. The van der Waals surface area contributed by atoms with E-state index in [1.165, 1.54) is 26.6 Å². The number of aromatic nitrogens is 1. The summed E-state index contributed by atoms with van der Waals surface area (Å²) in [5, 5.41) is 24.2. The summed E-state index contributed by atoms with van der Waals surface area (Å²) in [5.41, 5.74) is 2.38. The molecule has 272 valence electrons. The van der Waals surface area contributed by atoms with Gasteiger partial charge in [0.1, 0.15) is 26.7 Å². The standard InChI is InChI=1S/C37H41Cl2N3O8S/c1-41-13-11-22(12-14-41)21-50-37(45)34(25-7-5-6-8-31(25)47-2)40-18-24-16-27(35(51-24)36(43)44)26(17-28-29(38)19-42(46)20-30(28)39)23-9-10-32(48-3)33(15-23)49-4/h5-10,15-16,19-20,22,26,34,40H,11-14,17-18,21H2,1-4H3,(H-,43,44,46)/p+1/t26-,34?/m0/s1. The molecule has 0 saturated carbocycles. The van der Waals surface area contributed by atoms with Crippen molar-refractivity contribution in [2.75, 3.05) is 48.1 Å². The summed E-state index contributed by atoms with van der Waals surface area (Å²) < 4.78 is 23.3. The third kappa shape index (κ3) is 9.24. The number of methoxy groups -OCH3 is 3. The van der Waals surface area contributed by atoms with Gasteiger partial charge in [-0.1, -0.05) is 47.5 Å². The number of likely N-dealkylation sites (tertiary alicyclic amines) is 1. The number of benzene rings is 2. The van der Waals surface area contributed by atoms with Crippen molar-refractivity contribution in [2.45, 2.75) is 37.8 Å². The molecular formula is C37H42Cl2N3O8S+. The van der Waals surface area contributed by atoms with Crippen LogP contribution in [0.3, 0.4) is 0 Å². The normalized spacial score (nSPS) is 14.9. The zero-order valence-corrected chi connectivity index (χ0v) is 31.2. The zero-order chi connectivity index (χ0) is 36.7. The highest BCUT2D eigenvalue weighted by atomic mass is 35.5. The van der Waals surface area contributed by atoms with Crippen molar-refractivity contribution >= 4 is 46.5 Å². The summed E-state index contributed by atoms with van der Waals surface area (Å²) in [5.74, 6) is -0.324. The van der Waals surface area contributed by atoms with Gasteiger partial charge in [-0.25, -0.2) is 9.59 Å². The number of nitrogens with one attached hydrogen (secondary N) is 1. The highest BCUT2D eigenvalue weighted by molar-refractivity contribution is 7.14. The van der Waals surface area contributed by atoms with Gasteiger partial charge in [-0.15, -0.1) is 11.3 Å². The Balaban J connectivity index is 1.49. The molecule has 1 aliphatic heterocycles. The van der Waals surface area contributed by atoms with Gasteiger partial charge in [0.2, 0.25) is 12.4 Å². The molecule has 0 radical (unpaired) electrons. The fourth-order valence-corrected chi connectivity index (χ4v) is 7.94. The fraction of sp³-hybridized carbons (Fsp3) is 0.378. The van der Waals surface area contributed by atoms with E-state index < -0.39 is 23.9 Å². The van der Waals surface area contributed by atoms with Crippen LogP contribution in [0.4, 0.5) is 0 Å². The van der Waals surface area contributed by atoms with Gasteiger partial charge in [0.05, 0.1) is 27.9 Å². The quantitative estimate of drug-likeness (QED) is 0.0712. The summed E-state index contributed by atoms with van der Waals surface area (Å²) in [6, 6.07) is 13.6. The number of halogens is 2. The highest BCUT2D eigenvalue weighted by Crippen LogP contribution is 2.41. The number of pyridine rings is 1. The van der Waals surface area contributed by atoms with Gasteiger partial charge in [-0.2, -0.15) is 0 Å². The lowest BCUT2D eigenvalue weighted by molar-refractivity contribution is -0.904. The number of ether oxygens (including phenoxy) is 4. The third-order valence-corrected chi connectivity index (χ3v) is 10.9. The van der Waals surface area contributed by atoms with Crippen molar-refractivity contribution < 1.29 is 43.6 Å². The predicted octanol–water partition coefficient (Wildman–Crippen LogP) is 6.39. The van der Waals surface area contributed by atoms with Crippen LogP contribution in [0.15, 0.2) is 60.9 Å². The lowest BCUT2D eigenvalue weighted by Crippen LogP contribution is -2.34. The minimum atomic E-state index is -1.11. The van der Waals surface area contributed by atoms with Gasteiger partial charge in [0.25, 0.3) is 0 Å². The number of piperidine rings is 1. The third-order valence-electron chi connectivity index (χ3n) is 9.13. The van der Waals surface area contributed by atoms with E-state index in [2.05, 4.69) is 17.3 Å². The maximum Gasteiger partial charge on any atom is 0.346 e. The molecule has 5 rings (SSSR count). The summed E-state index contributed by atoms with van der Waals surface area (Å²) in [7, 11) is 6.69. The topological polar surface area (TPSA) is 131 Å². The number of carbonyl (C=O) groups is 2. The number of carbonyl (C=O) groups excluding carboxylic acids is 1. The number of aromatic carboxylic acids is 1. The van der Waals surface area contributed by atoms with Crippen molar-refractivity contribution in [3.63, 3.8) is 0 Å². The first kappa shape index (κ1) is 38.2. The summed E-state index contributed by atoms with van der Waals surface area (Å²) in [6.45, 7) is 2.39. The number of esters is 1. The Hall–Kier alpha value is -4.07. The molecule has 3 N–H and O–H groups in total. The molecule has 2 aromatic heterocycles. The minimum absolute atomic E-state index is 0.116. The molecule has 1 unspecified atom stereocenters. The Bertz CT molecular complexity index is 1820. The molecule has 0 spiro atoms. The molecule has 3 heterocycles. The van der Waals surface area contributed by atoms with Crippen LogP contribution in [0.5, 0.6) is 17.2 Å². The van der Waals surface area contributed by atoms with E-state index in [4.69, 9.17) is 42.1 Å². The first-order valence-corrected chi connectivity index (χ1v) is 18.0. The average Bonchev–Trinajstić information content (AvgIpc) is 3.55. The summed E-state index contributed by atoms with van der Waals surface area (Å²) in [4.78, 5) is 29.6. The van der Waals surface area contributed by atoms with E-state index in [0.29, 0.717) is 45.4 Å². The van der Waals surface area contributed by atoms with Crippen LogP contribution < -0.4 is 24.3 Å². The van der Waals surface area contributed by atoms with Crippen molar-refractivity contribution in [3.8, 4) is 17.2 Å². The summed E-state index contributed by atoms with van der Waals surface area (Å²) in [6.07, 6.45) is 4.74. The van der Waals surface area contributed by atoms with E-state index in [9.17, 15) is 19.9 Å². The monoisotopic (exact) mass is 758 g/mol. The SMILES string of the molecule is COc1ccc([C@H](Cc2c(Cl)c[n+](O)cc2Cl)c2cc(CNC(C(=O)OCC3CCN(C)CC3)c3ccccc3OC)sc2C(=O)O)cc1OC. The van der Waals surface area contributed by atoms with Crippen LogP contribution in [-0.2, 0) is 22.5 Å². The molecule has 51 heavy (non-hydrogen) atoms. The number of hydrogen-bond donors (Lipinski definition) is 3. The number of rotatable bonds is 15. The van der Waals surface area contributed by atoms with E-state index in [1.807, 2.05) is 30.3 Å². The van der Waals surface area contributed by atoms with Crippen LogP contribution >= 0.6 is 34.5 Å². The van der Waals surface area contributed by atoms with E-state index >= 15 is 0 Å². The second-order valence-electron chi connectivity index (χ2n) is 12.4. The maximum atomic E-state index is 13.7. The molecule has 1 fully saturated rings. The first-order valence-electron chi connectivity index (χ1n) is 16.4. The van der Waals surface area contributed by atoms with Crippen LogP contribution in [0.25, 0.3) is 0 Å². The Morgan fingerprint density at radius 2 is 1.63 bits per heavy atom. The number of para-hydroxylation sites is 1. The van der Waals surface area contributed by atoms with Crippen LogP contribution in [0.2, 0.25) is 10.0 Å². The maximum absolute atomic E-state index is 13.7. The highest BCUT2D eigenvalue weighted by Gasteiger charge is 2.30. The number of hydrogen-bond acceptors (Lipinski definition) is 10. The van der Waals surface area contributed by atoms with E-state index in [1.54, 1.807) is 25.3 Å². The Kier molecular flexibility index (Phi) is 13.0. The lowest BCUT2D eigenvalue weighted by atomic mass is 9.85. The van der Waals surface area contributed by atoms with Gasteiger partial charge in [-0.3, -0.25) is 10.5 Å². The van der Waals surface area contributed by atoms with Crippen LogP contribution in [0, 0.1) is 5.92 Å². The zero-order valence-electron chi connectivity index (χ0n) is 28.9. The molecule has 2 aromatic carbocycles. The van der Waals surface area contributed by atoms with Gasteiger partial charge < -0.3 is 29.0 Å².